The van der Waals surface area contributed by atoms with E-state index in [1.807, 2.05) is 21.1 Å². The second-order valence-electron chi connectivity index (χ2n) is 18.7. The number of Topliss-reactive ketones (excluding diaryl/α,β-unsaturated/α-hetero) is 1. The zero-order valence-electron chi connectivity index (χ0n) is 39.9. The summed E-state index contributed by atoms with van der Waals surface area (Å²) in [5.41, 5.74) is 2.56. The number of carbonyl (C=O) groups is 3. The van der Waals surface area contributed by atoms with Crippen LogP contribution in [-0.2, 0) is 50.3 Å². The van der Waals surface area contributed by atoms with Crippen LogP contribution in [0.5, 0.6) is 0 Å². The van der Waals surface area contributed by atoms with E-state index in [-0.39, 0.29) is 51.1 Å². The zero-order valence-corrected chi connectivity index (χ0v) is 40.8. The highest BCUT2D eigenvalue weighted by molar-refractivity contribution is 7.47. The summed E-state index contributed by atoms with van der Waals surface area (Å²) in [7, 11) is 1.22. The number of ketones is 1. The van der Waals surface area contributed by atoms with E-state index in [0.29, 0.717) is 36.7 Å². The van der Waals surface area contributed by atoms with Crippen molar-refractivity contribution in [3.8, 4) is 0 Å². The molecule has 1 aliphatic rings. The Morgan fingerprint density at radius 3 is 2.00 bits per heavy atom. The van der Waals surface area contributed by atoms with Crippen LogP contribution in [0.3, 0.4) is 0 Å². The fourth-order valence-corrected chi connectivity index (χ4v) is 8.58. The van der Waals surface area contributed by atoms with Gasteiger partial charge in [-0.05, 0) is 63.5 Å². The maximum atomic E-state index is 12.9. The van der Waals surface area contributed by atoms with E-state index < -0.39 is 62.6 Å². The van der Waals surface area contributed by atoms with Gasteiger partial charge in [0.25, 0.3) is 0 Å². The second-order valence-corrected chi connectivity index (χ2v) is 20.1. The number of likely N-dealkylation sites (N-methyl/N-ethyl adjacent to an activating group) is 1. The molecule has 0 aliphatic heterocycles. The third-order valence-corrected chi connectivity index (χ3v) is 13.0. The average molecular weight is 915 g/mol. The number of hydrogen-bond acceptors (Lipinski definition) is 12. The van der Waals surface area contributed by atoms with Gasteiger partial charge in [0, 0.05) is 56.8 Å². The first kappa shape index (κ1) is 56.7. The number of furan rings is 1. The Bertz CT molecular complexity index is 1540. The van der Waals surface area contributed by atoms with Gasteiger partial charge in [0.1, 0.15) is 37.1 Å². The zero-order chi connectivity index (χ0) is 46.8. The van der Waals surface area contributed by atoms with Crippen LogP contribution in [0.15, 0.2) is 16.6 Å². The quantitative estimate of drug-likeness (QED) is 0.0164. The molecule has 1 saturated carbocycles. The Balaban J connectivity index is 1.79. The largest absolute Gasteiger partial charge is 0.472 e. The lowest BCUT2D eigenvalue weighted by Crippen LogP contribution is -2.37. The number of unbranched alkanes of at least 4 members (excludes halogenated alkanes) is 10. The predicted molar refractivity (Wildman–Crippen MR) is 244 cm³/mol. The number of phosphoric acid groups is 1. The highest BCUT2D eigenvalue weighted by Crippen LogP contribution is 2.43. The molecule has 0 radical (unpaired) electrons. The summed E-state index contributed by atoms with van der Waals surface area (Å²) in [6, 6.07) is 0. The first-order chi connectivity index (χ1) is 29.9. The predicted octanol–water partition coefficient (Wildman–Crippen LogP) is 8.57. The van der Waals surface area contributed by atoms with Crippen molar-refractivity contribution in [1.82, 2.24) is 0 Å². The molecule has 7 atom stereocenters. The summed E-state index contributed by atoms with van der Waals surface area (Å²) in [4.78, 5) is 48.7. The van der Waals surface area contributed by atoms with Crippen LogP contribution in [0, 0.1) is 25.7 Å². The number of carbonyl (C=O) groups excluding carboxylic acids is 3. The van der Waals surface area contributed by atoms with Gasteiger partial charge in [-0.3, -0.25) is 23.4 Å². The third-order valence-electron chi connectivity index (χ3n) is 12.0. The number of quaternary nitrogens is 1. The smallest absolute Gasteiger partial charge is 0.466 e. The van der Waals surface area contributed by atoms with Crippen molar-refractivity contribution in [3.63, 3.8) is 0 Å². The molecular weight excluding hydrogens is 829 g/mol. The molecule has 364 valence electrons. The number of rotatable bonds is 36. The number of ether oxygens (including phenoxy) is 2. The Labute approximate surface area is 378 Å². The SMILES string of the molecule is CCCCCc1oc(CCCCCCCCC(=O)OC[C@H](COP(=O)(O)OCC[N+](C)(C)C)OC(=O)CCCCC(=O)C[C@@H]2[C@@H](/C=C/[C@@H](O)CCCCC)[C@H](O)C[C@@H]2O)c(C)c1C. The molecule has 0 amide bonds. The number of aliphatic hydroxyl groups excluding tert-OH is 3. The van der Waals surface area contributed by atoms with Crippen molar-refractivity contribution in [1.29, 1.82) is 0 Å². The number of hydrogen-bond donors (Lipinski definition) is 4. The van der Waals surface area contributed by atoms with E-state index in [2.05, 4.69) is 27.7 Å². The van der Waals surface area contributed by atoms with Crippen LogP contribution in [0.4, 0.5) is 0 Å². The minimum atomic E-state index is -4.50. The molecular formula is C48H85NO13P+. The topological polar surface area (TPSA) is 199 Å². The van der Waals surface area contributed by atoms with Crippen molar-refractivity contribution < 1.29 is 66.6 Å². The lowest BCUT2D eigenvalue weighted by atomic mass is 9.87. The molecule has 0 spiro atoms. The van der Waals surface area contributed by atoms with Crippen molar-refractivity contribution in [2.24, 2.45) is 11.8 Å². The minimum absolute atomic E-state index is 0.0429. The van der Waals surface area contributed by atoms with Crippen molar-refractivity contribution in [2.45, 2.75) is 193 Å². The van der Waals surface area contributed by atoms with E-state index in [4.69, 9.17) is 22.9 Å². The summed E-state index contributed by atoms with van der Waals surface area (Å²) >= 11 is 0. The molecule has 1 aromatic rings. The molecule has 14 nitrogen and oxygen atoms in total. The monoisotopic (exact) mass is 915 g/mol. The Morgan fingerprint density at radius 2 is 1.35 bits per heavy atom. The van der Waals surface area contributed by atoms with E-state index in [1.54, 1.807) is 12.2 Å². The van der Waals surface area contributed by atoms with Crippen LogP contribution in [0.1, 0.15) is 165 Å². The molecule has 1 fully saturated rings. The molecule has 1 aromatic heterocycles. The number of aryl methyl sites for hydroxylation is 2. The molecule has 1 aliphatic carbocycles. The summed E-state index contributed by atoms with van der Waals surface area (Å²) < 4.78 is 40.5. The number of nitrogens with zero attached hydrogens (tertiary/aromatic N) is 1. The van der Waals surface area contributed by atoms with Crippen LogP contribution in [-0.4, -0.2) is 114 Å². The molecule has 1 unspecified atom stereocenters. The molecule has 0 saturated heterocycles. The second kappa shape index (κ2) is 30.7. The van der Waals surface area contributed by atoms with Crippen LogP contribution < -0.4 is 0 Å². The van der Waals surface area contributed by atoms with Gasteiger partial charge in [-0.25, -0.2) is 4.57 Å². The normalized spacial score (nSPS) is 19.9. The number of aliphatic hydroxyl groups is 3. The van der Waals surface area contributed by atoms with Crippen molar-refractivity contribution in [2.75, 3.05) is 47.5 Å². The lowest BCUT2D eigenvalue weighted by Gasteiger charge is -2.24. The average Bonchev–Trinajstić information content (AvgIpc) is 3.64. The van der Waals surface area contributed by atoms with E-state index >= 15 is 0 Å². The molecule has 15 heteroatoms. The Kier molecular flexibility index (Phi) is 27.7. The Hall–Kier alpha value is -2.42. The number of esters is 2. The van der Waals surface area contributed by atoms with Gasteiger partial charge in [0.05, 0.1) is 46.1 Å². The highest BCUT2D eigenvalue weighted by atomic mass is 31.2. The van der Waals surface area contributed by atoms with E-state index in [9.17, 15) is 39.2 Å². The molecule has 2 rings (SSSR count). The first-order valence-electron chi connectivity index (χ1n) is 23.9. The van der Waals surface area contributed by atoms with Gasteiger partial charge in [-0.2, -0.15) is 0 Å². The van der Waals surface area contributed by atoms with Crippen molar-refractivity contribution >= 4 is 25.5 Å². The van der Waals surface area contributed by atoms with Crippen LogP contribution in [0.25, 0.3) is 0 Å². The fourth-order valence-electron chi connectivity index (χ4n) is 7.84. The molecule has 4 N–H and O–H groups in total. The van der Waals surface area contributed by atoms with Crippen LogP contribution >= 0.6 is 7.82 Å². The highest BCUT2D eigenvalue weighted by Gasteiger charge is 2.41. The number of phosphoric ester groups is 1. The lowest BCUT2D eigenvalue weighted by molar-refractivity contribution is -0.870. The summed E-state index contributed by atoms with van der Waals surface area (Å²) in [6.45, 7) is 8.10. The standard InChI is InChI=1S/C48H84NO13P/c1-8-10-16-22-38(50)28-29-41-42(44(53)33-43(41)52)32-39(51)23-20-21-27-48(55)61-40(35-60-63(56,57)59-31-30-49(5,6)7)34-58-47(54)26-19-15-13-12-14-18-25-46-37(4)36(3)45(62-46)24-17-11-9-2/h28-29,38,40-44,50,52-53H,8-27,30-35H2,1-7H3/p+1/b29-28+/t38-,40+,41+,42+,43+,44-/m0/s1. The molecule has 1 heterocycles. The first-order valence-corrected chi connectivity index (χ1v) is 25.4. The van der Waals surface area contributed by atoms with Gasteiger partial charge >= 0.3 is 19.8 Å². The van der Waals surface area contributed by atoms with Gasteiger partial charge < -0.3 is 38.6 Å². The fraction of sp³-hybridized carbons (Fsp3) is 0.812. The molecule has 63 heavy (non-hydrogen) atoms. The Morgan fingerprint density at radius 1 is 0.778 bits per heavy atom. The maximum absolute atomic E-state index is 12.9. The van der Waals surface area contributed by atoms with Gasteiger partial charge in [-0.15, -0.1) is 0 Å². The maximum Gasteiger partial charge on any atom is 0.472 e. The van der Waals surface area contributed by atoms with Gasteiger partial charge in [0.2, 0.25) is 0 Å². The van der Waals surface area contributed by atoms with E-state index in [1.165, 1.54) is 24.0 Å². The van der Waals surface area contributed by atoms with Gasteiger partial charge in [-0.1, -0.05) is 83.8 Å². The molecule has 0 aromatic carbocycles. The van der Waals surface area contributed by atoms with Gasteiger partial charge in [0.15, 0.2) is 6.10 Å². The van der Waals surface area contributed by atoms with E-state index in [0.717, 1.165) is 82.1 Å². The summed E-state index contributed by atoms with van der Waals surface area (Å²) in [5, 5.41) is 31.4. The van der Waals surface area contributed by atoms with Crippen molar-refractivity contribution in [3.05, 3.63) is 34.8 Å². The molecule has 0 bridgehead atoms. The minimum Gasteiger partial charge on any atom is -0.466 e. The van der Waals surface area contributed by atoms with Crippen LogP contribution in [0.2, 0.25) is 0 Å². The summed E-state index contributed by atoms with van der Waals surface area (Å²) in [5.74, 6) is 0.0981. The third kappa shape index (κ3) is 24.6. The summed E-state index contributed by atoms with van der Waals surface area (Å²) in [6.07, 6.45) is 15.9.